The van der Waals surface area contributed by atoms with E-state index >= 15 is 0 Å². The normalized spacial score (nSPS) is 32.8. The molecule has 3 unspecified atom stereocenters. The van der Waals surface area contributed by atoms with E-state index in [2.05, 4.69) is 55.4 Å². The van der Waals surface area contributed by atoms with E-state index in [1.54, 1.807) is 0 Å². The minimum absolute atomic E-state index is 0.443. The Kier molecular flexibility index (Phi) is 4.07. The van der Waals surface area contributed by atoms with E-state index in [0.29, 0.717) is 16.2 Å². The smallest absolute Gasteiger partial charge is 0.0292 e. The molecule has 0 aromatic heterocycles. The quantitative estimate of drug-likeness (QED) is 0.573. The van der Waals surface area contributed by atoms with Crippen molar-refractivity contribution in [1.29, 1.82) is 0 Å². The van der Waals surface area contributed by atoms with E-state index in [0.717, 1.165) is 11.8 Å². The Hall–Kier alpha value is 0. The summed E-state index contributed by atoms with van der Waals surface area (Å²) in [5.41, 5.74) is 1.48. The highest BCUT2D eigenvalue weighted by atomic mass is 14.5. The average Bonchev–Trinajstić information content (AvgIpc) is 2.42. The topological polar surface area (TPSA) is 0 Å². The molecule has 0 heterocycles. The first-order valence-electron chi connectivity index (χ1n) is 7.46. The predicted molar refractivity (Wildman–Crippen MR) is 78.1 cm³/mol. The lowest BCUT2D eigenvalue weighted by Crippen LogP contribution is -2.37. The van der Waals surface area contributed by atoms with Crippen molar-refractivity contribution in [3.05, 3.63) is 0 Å². The third-order valence-corrected chi connectivity index (χ3v) is 5.23. The van der Waals surface area contributed by atoms with Crippen molar-refractivity contribution in [1.82, 2.24) is 0 Å². The van der Waals surface area contributed by atoms with Crippen molar-refractivity contribution in [2.45, 2.75) is 81.1 Å². The zero-order valence-electron chi connectivity index (χ0n) is 13.5. The average molecular weight is 238 g/mol. The number of hydrogen-bond donors (Lipinski definition) is 0. The maximum absolute atomic E-state index is 2.53. The monoisotopic (exact) mass is 238 g/mol. The lowest BCUT2D eigenvalue weighted by atomic mass is 9.60. The Bertz CT molecular complexity index is 256. The van der Waals surface area contributed by atoms with Crippen LogP contribution >= 0.6 is 0 Å². The minimum Gasteiger partial charge on any atom is -0.0625 e. The van der Waals surface area contributed by atoms with Crippen LogP contribution in [-0.2, 0) is 0 Å². The Morgan fingerprint density at radius 2 is 1.71 bits per heavy atom. The van der Waals surface area contributed by atoms with Crippen LogP contribution in [0.4, 0.5) is 0 Å². The van der Waals surface area contributed by atoms with Crippen LogP contribution in [0.1, 0.15) is 81.1 Å². The summed E-state index contributed by atoms with van der Waals surface area (Å²) in [5.74, 6) is 1.76. The molecule has 0 N–H and O–H groups in total. The maximum atomic E-state index is 2.53. The van der Waals surface area contributed by atoms with Gasteiger partial charge in [-0.25, -0.2) is 0 Å². The summed E-state index contributed by atoms with van der Waals surface area (Å²) >= 11 is 0. The molecule has 3 atom stereocenters. The van der Waals surface area contributed by atoms with Gasteiger partial charge in [0.25, 0.3) is 0 Å². The molecule has 1 fully saturated rings. The molecule has 0 saturated heterocycles. The number of rotatable bonds is 3. The molecule has 1 aliphatic carbocycles. The van der Waals surface area contributed by atoms with Crippen molar-refractivity contribution >= 4 is 0 Å². The van der Waals surface area contributed by atoms with Gasteiger partial charge in [-0.05, 0) is 47.3 Å². The molecule has 0 aromatic rings. The molecular formula is C17H34. The van der Waals surface area contributed by atoms with Crippen molar-refractivity contribution in [2.75, 3.05) is 0 Å². The molecular weight excluding hydrogens is 204 g/mol. The Morgan fingerprint density at radius 3 is 2.06 bits per heavy atom. The second-order valence-corrected chi connectivity index (χ2v) is 8.95. The molecule has 0 heteroatoms. The van der Waals surface area contributed by atoms with Gasteiger partial charge < -0.3 is 0 Å². The van der Waals surface area contributed by atoms with Gasteiger partial charge in [-0.2, -0.15) is 0 Å². The second kappa shape index (κ2) is 4.59. The van der Waals surface area contributed by atoms with E-state index in [-0.39, 0.29) is 0 Å². The predicted octanol–water partition coefficient (Wildman–Crippen LogP) is 5.91. The second-order valence-electron chi connectivity index (χ2n) is 8.95. The molecule has 0 spiro atoms. The maximum Gasteiger partial charge on any atom is -0.0292 e. The highest BCUT2D eigenvalue weighted by Gasteiger charge is 2.44. The van der Waals surface area contributed by atoms with Crippen LogP contribution in [-0.4, -0.2) is 0 Å². The van der Waals surface area contributed by atoms with Gasteiger partial charge in [0.1, 0.15) is 0 Å². The minimum atomic E-state index is 0.443. The summed E-state index contributed by atoms with van der Waals surface area (Å²) in [5, 5.41) is 0. The van der Waals surface area contributed by atoms with Crippen LogP contribution in [0.5, 0.6) is 0 Å². The van der Waals surface area contributed by atoms with Crippen molar-refractivity contribution in [3.63, 3.8) is 0 Å². The molecule has 0 nitrogen and oxygen atoms in total. The van der Waals surface area contributed by atoms with Gasteiger partial charge in [-0.1, -0.05) is 61.8 Å². The van der Waals surface area contributed by atoms with Crippen LogP contribution < -0.4 is 0 Å². The summed E-state index contributed by atoms with van der Waals surface area (Å²) in [6.45, 7) is 19.6. The third kappa shape index (κ3) is 3.73. The first-order valence-corrected chi connectivity index (χ1v) is 7.46. The largest absolute Gasteiger partial charge is 0.0625 e. The Labute approximate surface area is 110 Å². The molecule has 0 aromatic carbocycles. The highest BCUT2D eigenvalue weighted by molar-refractivity contribution is 4.94. The fraction of sp³-hybridized carbons (Fsp3) is 1.00. The zero-order valence-corrected chi connectivity index (χ0v) is 13.5. The third-order valence-electron chi connectivity index (χ3n) is 5.23. The summed E-state index contributed by atoms with van der Waals surface area (Å²) in [6.07, 6.45) is 5.63. The first kappa shape index (κ1) is 15.1. The van der Waals surface area contributed by atoms with Crippen molar-refractivity contribution in [2.24, 2.45) is 28.1 Å². The van der Waals surface area contributed by atoms with Crippen LogP contribution in [0, 0.1) is 28.1 Å². The van der Waals surface area contributed by atoms with Gasteiger partial charge in [0.05, 0.1) is 0 Å². The van der Waals surface area contributed by atoms with Gasteiger partial charge in [-0.15, -0.1) is 0 Å². The van der Waals surface area contributed by atoms with Crippen LogP contribution in [0.25, 0.3) is 0 Å². The fourth-order valence-corrected chi connectivity index (χ4v) is 4.43. The molecule has 1 rings (SSSR count). The van der Waals surface area contributed by atoms with E-state index in [1.165, 1.54) is 25.7 Å². The first-order chi connectivity index (χ1) is 7.46. The van der Waals surface area contributed by atoms with E-state index in [1.807, 2.05) is 0 Å². The van der Waals surface area contributed by atoms with Gasteiger partial charge in [-0.3, -0.25) is 0 Å². The molecule has 1 saturated carbocycles. The molecule has 1 aliphatic rings. The van der Waals surface area contributed by atoms with Gasteiger partial charge in [0.2, 0.25) is 0 Å². The molecule has 0 aliphatic heterocycles. The summed E-state index contributed by atoms with van der Waals surface area (Å²) < 4.78 is 0. The van der Waals surface area contributed by atoms with Crippen molar-refractivity contribution in [3.8, 4) is 0 Å². The van der Waals surface area contributed by atoms with Crippen molar-refractivity contribution < 1.29 is 0 Å². The molecule has 102 valence electrons. The van der Waals surface area contributed by atoms with Crippen LogP contribution in [0.15, 0.2) is 0 Å². The van der Waals surface area contributed by atoms with E-state index in [9.17, 15) is 0 Å². The molecule has 0 amide bonds. The van der Waals surface area contributed by atoms with Gasteiger partial charge >= 0.3 is 0 Å². The lowest BCUT2D eigenvalue weighted by Gasteiger charge is -2.45. The summed E-state index contributed by atoms with van der Waals surface area (Å²) in [6, 6.07) is 0. The Morgan fingerprint density at radius 1 is 1.18 bits per heavy atom. The highest BCUT2D eigenvalue weighted by Crippen LogP contribution is 2.54. The van der Waals surface area contributed by atoms with Crippen LogP contribution in [0.2, 0.25) is 0 Å². The summed E-state index contributed by atoms with van der Waals surface area (Å²) in [7, 11) is 0. The molecule has 0 bridgehead atoms. The van der Waals surface area contributed by atoms with E-state index < -0.39 is 0 Å². The molecule has 0 radical (unpaired) electrons. The van der Waals surface area contributed by atoms with Crippen LogP contribution in [0.3, 0.4) is 0 Å². The van der Waals surface area contributed by atoms with Gasteiger partial charge in [0, 0.05) is 0 Å². The van der Waals surface area contributed by atoms with Gasteiger partial charge in [0.15, 0.2) is 0 Å². The zero-order chi connectivity index (χ0) is 13.5. The lowest BCUT2D eigenvalue weighted by molar-refractivity contribution is 0.0414. The molecule has 17 heavy (non-hydrogen) atoms. The van der Waals surface area contributed by atoms with E-state index in [4.69, 9.17) is 0 Å². The number of hydrogen-bond acceptors (Lipinski definition) is 0. The Balaban J connectivity index is 2.77. The summed E-state index contributed by atoms with van der Waals surface area (Å²) in [4.78, 5) is 0. The standard InChI is InChI=1S/C17H34/c1-13-9-10-17(8,11-13)14(2)16(6,7)12-15(3,4)5/h13-14H,9-12H2,1-8H3. The SMILES string of the molecule is CC1CCC(C)(C(C)C(C)(C)CC(C)(C)C)C1. The fourth-order valence-electron chi connectivity index (χ4n) is 4.43.